The van der Waals surface area contributed by atoms with E-state index in [1.54, 1.807) is 11.3 Å². The first kappa shape index (κ1) is 29.8. The summed E-state index contributed by atoms with van der Waals surface area (Å²) in [5.41, 5.74) is 4.33. The van der Waals surface area contributed by atoms with Gasteiger partial charge in [0.25, 0.3) is 0 Å². The third kappa shape index (κ3) is 8.64. The van der Waals surface area contributed by atoms with Crippen molar-refractivity contribution in [2.75, 3.05) is 0 Å². The van der Waals surface area contributed by atoms with E-state index in [9.17, 15) is 4.79 Å². The van der Waals surface area contributed by atoms with Crippen LogP contribution in [0.3, 0.4) is 0 Å². The van der Waals surface area contributed by atoms with E-state index in [0.717, 1.165) is 30.4 Å². The van der Waals surface area contributed by atoms with Gasteiger partial charge in [-0.3, -0.25) is 4.79 Å². The number of hydrogen-bond donors (Lipinski definition) is 0. The zero-order valence-corrected chi connectivity index (χ0v) is 26.5. The van der Waals surface area contributed by atoms with Crippen molar-refractivity contribution in [2.45, 2.75) is 117 Å². The minimum Gasteiger partial charge on any atom is -0.297 e. The Hall–Kier alpha value is -0.750. The van der Waals surface area contributed by atoms with Crippen LogP contribution >= 0.6 is 49.9 Å². The van der Waals surface area contributed by atoms with Gasteiger partial charge in [0, 0.05) is 19.5 Å². The highest BCUT2D eigenvalue weighted by Crippen LogP contribution is 2.46. The number of unbranched alkanes of at least 4 members (excludes halogenated alkanes) is 9. The second kappa shape index (κ2) is 16.3. The lowest BCUT2D eigenvalue weighted by molar-refractivity contribution is 0.112. The zero-order valence-electron chi connectivity index (χ0n) is 22.4. The number of rotatable bonds is 18. The van der Waals surface area contributed by atoms with Crippen LogP contribution in [0.1, 0.15) is 124 Å². The standard InChI is InChI=1S/C31H43BrOS3/c1-4-7-10-13-16-23-19-26(22-33)34-29(23)27-20-24(17-14-11-8-5-2)30(35-27)28-21-25(31(32)36-28)18-15-12-9-6-3/h19-22H,4-18H2,1-3H3. The molecule has 5 heteroatoms. The highest BCUT2D eigenvalue weighted by molar-refractivity contribution is 9.11. The van der Waals surface area contributed by atoms with Crippen molar-refractivity contribution < 1.29 is 4.79 Å². The Kier molecular flexibility index (Phi) is 13.5. The predicted octanol–water partition coefficient (Wildman–Crippen LogP) is 12.1. The number of carbonyl (C=O) groups is 1. The van der Waals surface area contributed by atoms with Gasteiger partial charge in [0.2, 0.25) is 0 Å². The molecule has 198 valence electrons. The van der Waals surface area contributed by atoms with Gasteiger partial charge in [0.15, 0.2) is 6.29 Å². The van der Waals surface area contributed by atoms with Crippen LogP contribution in [0.2, 0.25) is 0 Å². The van der Waals surface area contributed by atoms with E-state index in [4.69, 9.17) is 0 Å². The molecule has 3 heterocycles. The van der Waals surface area contributed by atoms with Crippen LogP contribution in [0.4, 0.5) is 0 Å². The first-order valence-electron chi connectivity index (χ1n) is 14.1. The molecule has 0 bridgehead atoms. The Labute approximate surface area is 239 Å². The fraction of sp³-hybridized carbons (Fsp3) is 0.581. The van der Waals surface area contributed by atoms with Crippen molar-refractivity contribution in [3.63, 3.8) is 0 Å². The summed E-state index contributed by atoms with van der Waals surface area (Å²) in [7, 11) is 0. The molecule has 0 unspecified atom stereocenters. The van der Waals surface area contributed by atoms with E-state index in [0.29, 0.717) is 0 Å². The molecular formula is C31H43BrOS3. The zero-order chi connectivity index (χ0) is 25.8. The average molecular weight is 608 g/mol. The van der Waals surface area contributed by atoms with Gasteiger partial charge in [0.05, 0.1) is 8.66 Å². The fourth-order valence-corrected chi connectivity index (χ4v) is 9.03. The molecule has 0 N–H and O–H groups in total. The molecule has 3 aromatic rings. The minimum absolute atomic E-state index is 0.864. The molecule has 0 amide bonds. The molecule has 0 radical (unpaired) electrons. The normalized spacial score (nSPS) is 11.4. The third-order valence-electron chi connectivity index (χ3n) is 6.86. The Morgan fingerprint density at radius 3 is 1.64 bits per heavy atom. The number of thiophene rings is 3. The van der Waals surface area contributed by atoms with Gasteiger partial charge >= 0.3 is 0 Å². The van der Waals surface area contributed by atoms with Gasteiger partial charge in [-0.1, -0.05) is 78.6 Å². The van der Waals surface area contributed by atoms with E-state index in [-0.39, 0.29) is 0 Å². The lowest BCUT2D eigenvalue weighted by Gasteiger charge is -2.02. The van der Waals surface area contributed by atoms with Crippen molar-refractivity contribution in [1.29, 1.82) is 0 Å². The molecule has 0 aliphatic heterocycles. The summed E-state index contributed by atoms with van der Waals surface area (Å²) in [6, 6.07) is 7.05. The van der Waals surface area contributed by atoms with Crippen LogP contribution in [0.25, 0.3) is 19.5 Å². The second-order valence-corrected chi connectivity index (χ2v) is 14.4. The van der Waals surface area contributed by atoms with Gasteiger partial charge in [-0.25, -0.2) is 0 Å². The maximum absolute atomic E-state index is 11.7. The van der Waals surface area contributed by atoms with Gasteiger partial charge in [-0.05, 0) is 89.3 Å². The van der Waals surface area contributed by atoms with Crippen LogP contribution in [0, 0.1) is 0 Å². The highest BCUT2D eigenvalue weighted by Gasteiger charge is 2.19. The molecule has 0 aliphatic carbocycles. The van der Waals surface area contributed by atoms with Crippen molar-refractivity contribution in [2.24, 2.45) is 0 Å². The molecule has 3 aromatic heterocycles. The largest absolute Gasteiger partial charge is 0.297 e. The molecular weight excluding hydrogens is 564 g/mol. The molecule has 36 heavy (non-hydrogen) atoms. The van der Waals surface area contributed by atoms with Crippen LogP contribution in [-0.2, 0) is 19.3 Å². The summed E-state index contributed by atoms with van der Waals surface area (Å²) in [6.45, 7) is 6.81. The molecule has 0 spiro atoms. The molecule has 0 atom stereocenters. The van der Waals surface area contributed by atoms with Gasteiger partial charge in [0.1, 0.15) is 0 Å². The molecule has 3 rings (SSSR count). The van der Waals surface area contributed by atoms with E-state index in [1.807, 2.05) is 22.7 Å². The van der Waals surface area contributed by atoms with Gasteiger partial charge in [-0.2, -0.15) is 0 Å². The SMILES string of the molecule is CCCCCCc1cc(-c2sc(-c3sc(C=O)cc3CCCCCC)cc2CCCCCC)sc1Br. The quantitative estimate of drug-likeness (QED) is 0.104. The molecule has 0 aliphatic rings. The van der Waals surface area contributed by atoms with E-state index < -0.39 is 0 Å². The minimum atomic E-state index is 0.864. The summed E-state index contributed by atoms with van der Waals surface area (Å²) < 4.78 is 1.30. The second-order valence-electron chi connectivity index (χ2n) is 9.93. The summed E-state index contributed by atoms with van der Waals surface area (Å²) in [6.07, 6.45) is 19.8. The first-order valence-corrected chi connectivity index (χ1v) is 17.3. The smallest absolute Gasteiger partial charge is 0.160 e. The molecule has 0 saturated carbocycles. The first-order chi connectivity index (χ1) is 17.6. The fourth-order valence-electron chi connectivity index (χ4n) is 4.75. The van der Waals surface area contributed by atoms with E-state index in [1.165, 1.54) is 117 Å². The van der Waals surface area contributed by atoms with E-state index in [2.05, 4.69) is 54.9 Å². The lowest BCUT2D eigenvalue weighted by Crippen LogP contribution is -1.86. The van der Waals surface area contributed by atoms with Crippen LogP contribution in [0.15, 0.2) is 22.0 Å². The molecule has 1 nitrogen and oxygen atoms in total. The maximum Gasteiger partial charge on any atom is 0.160 e. The third-order valence-corrected chi connectivity index (χ3v) is 11.5. The van der Waals surface area contributed by atoms with Crippen LogP contribution in [0.5, 0.6) is 0 Å². The number of aryl methyl sites for hydroxylation is 3. The van der Waals surface area contributed by atoms with Crippen molar-refractivity contribution >= 4 is 56.2 Å². The van der Waals surface area contributed by atoms with Crippen LogP contribution < -0.4 is 0 Å². The summed E-state index contributed by atoms with van der Waals surface area (Å²) >= 11 is 9.43. The number of hydrogen-bond acceptors (Lipinski definition) is 4. The van der Waals surface area contributed by atoms with Crippen molar-refractivity contribution in [3.05, 3.63) is 43.6 Å². The Morgan fingerprint density at radius 2 is 1.08 bits per heavy atom. The summed E-state index contributed by atoms with van der Waals surface area (Å²) in [5.74, 6) is 0. The Balaban J connectivity index is 1.89. The number of carbonyl (C=O) groups excluding carboxylic acids is 1. The molecule has 0 fully saturated rings. The summed E-state index contributed by atoms with van der Waals surface area (Å²) in [5, 5.41) is 0. The predicted molar refractivity (Wildman–Crippen MR) is 168 cm³/mol. The van der Waals surface area contributed by atoms with Crippen molar-refractivity contribution in [3.8, 4) is 19.5 Å². The highest BCUT2D eigenvalue weighted by atomic mass is 79.9. The topological polar surface area (TPSA) is 17.1 Å². The average Bonchev–Trinajstić information content (AvgIpc) is 3.59. The lowest BCUT2D eigenvalue weighted by atomic mass is 10.0. The Bertz CT molecular complexity index is 1060. The molecule has 0 aromatic carbocycles. The van der Waals surface area contributed by atoms with Gasteiger partial charge < -0.3 is 0 Å². The van der Waals surface area contributed by atoms with Crippen LogP contribution in [-0.4, -0.2) is 6.29 Å². The monoisotopic (exact) mass is 606 g/mol. The Morgan fingerprint density at radius 1 is 0.611 bits per heavy atom. The molecule has 0 saturated heterocycles. The number of halogens is 1. The van der Waals surface area contributed by atoms with Gasteiger partial charge in [-0.15, -0.1) is 34.0 Å². The van der Waals surface area contributed by atoms with Crippen molar-refractivity contribution in [1.82, 2.24) is 0 Å². The van der Waals surface area contributed by atoms with E-state index >= 15 is 0 Å². The summed E-state index contributed by atoms with van der Waals surface area (Å²) in [4.78, 5) is 18.1. The maximum atomic E-state index is 11.7. The number of aldehydes is 1.